The quantitative estimate of drug-likeness (QED) is 0.554. The lowest BCUT2D eigenvalue weighted by Crippen LogP contribution is -2.29. The number of benzene rings is 1. The molecule has 19 heavy (non-hydrogen) atoms. The number of nitrogens with zero attached hydrogens (tertiary/aromatic N) is 1. The van der Waals surface area contributed by atoms with Gasteiger partial charge >= 0.3 is 5.97 Å². The number of carbonyl (C=O) groups is 1. The van der Waals surface area contributed by atoms with Gasteiger partial charge in [0.1, 0.15) is 5.56 Å². The van der Waals surface area contributed by atoms with Crippen LogP contribution in [0, 0.1) is 15.9 Å². The van der Waals surface area contributed by atoms with Crippen LogP contribution in [0.15, 0.2) is 12.1 Å². The standard InChI is InChI=1S/C11H13FN2O5/c1-11(2,17)5-13-8-3-6(10(15)16)9(14(18)19)4-7(8)12/h3-4,13,17H,5H2,1-2H3,(H,15,16). The average Bonchev–Trinajstić information content (AvgIpc) is 2.25. The summed E-state index contributed by atoms with van der Waals surface area (Å²) in [6.07, 6.45) is 0. The van der Waals surface area contributed by atoms with E-state index >= 15 is 0 Å². The zero-order valence-corrected chi connectivity index (χ0v) is 10.3. The first-order valence-electron chi connectivity index (χ1n) is 5.29. The van der Waals surface area contributed by atoms with Gasteiger partial charge in [-0.05, 0) is 19.9 Å². The molecule has 0 unspecified atom stereocenters. The summed E-state index contributed by atoms with van der Waals surface area (Å²) in [6.45, 7) is 2.91. The van der Waals surface area contributed by atoms with Gasteiger partial charge in [0.05, 0.1) is 22.3 Å². The Hall–Kier alpha value is -2.22. The van der Waals surface area contributed by atoms with Gasteiger partial charge in [-0.25, -0.2) is 9.18 Å². The summed E-state index contributed by atoms with van der Waals surface area (Å²) >= 11 is 0. The van der Waals surface area contributed by atoms with Crippen LogP contribution >= 0.6 is 0 Å². The summed E-state index contributed by atoms with van der Waals surface area (Å²) in [4.78, 5) is 20.5. The second kappa shape index (κ2) is 5.19. The first-order valence-corrected chi connectivity index (χ1v) is 5.29. The van der Waals surface area contributed by atoms with E-state index in [0.29, 0.717) is 6.07 Å². The second-order valence-electron chi connectivity index (χ2n) is 4.58. The topological polar surface area (TPSA) is 113 Å². The first-order chi connectivity index (χ1) is 8.61. The number of aliphatic hydroxyl groups is 1. The van der Waals surface area contributed by atoms with Crippen LogP contribution in [0.5, 0.6) is 0 Å². The number of nitro benzene ring substituents is 1. The van der Waals surface area contributed by atoms with E-state index < -0.39 is 33.6 Å². The van der Waals surface area contributed by atoms with E-state index in [-0.39, 0.29) is 12.2 Å². The van der Waals surface area contributed by atoms with Crippen molar-refractivity contribution in [2.45, 2.75) is 19.4 Å². The number of carboxylic acid groups (broad SMARTS) is 1. The van der Waals surface area contributed by atoms with Gasteiger partial charge in [-0.2, -0.15) is 0 Å². The summed E-state index contributed by atoms with van der Waals surface area (Å²) in [5, 5.41) is 31.5. The van der Waals surface area contributed by atoms with E-state index in [4.69, 9.17) is 5.11 Å². The molecule has 0 spiro atoms. The van der Waals surface area contributed by atoms with Crippen molar-refractivity contribution in [2.75, 3.05) is 11.9 Å². The van der Waals surface area contributed by atoms with Crippen molar-refractivity contribution >= 4 is 17.3 Å². The van der Waals surface area contributed by atoms with E-state index in [1.165, 1.54) is 13.8 Å². The monoisotopic (exact) mass is 272 g/mol. The van der Waals surface area contributed by atoms with Crippen molar-refractivity contribution < 1.29 is 24.3 Å². The number of hydrogen-bond donors (Lipinski definition) is 3. The number of halogens is 1. The van der Waals surface area contributed by atoms with Crippen LogP contribution in [0.25, 0.3) is 0 Å². The van der Waals surface area contributed by atoms with Gasteiger partial charge in [0.25, 0.3) is 5.69 Å². The highest BCUT2D eigenvalue weighted by molar-refractivity contribution is 5.93. The maximum atomic E-state index is 13.6. The van der Waals surface area contributed by atoms with Crippen molar-refractivity contribution in [3.05, 3.63) is 33.6 Å². The van der Waals surface area contributed by atoms with Crippen LogP contribution in [0.1, 0.15) is 24.2 Å². The lowest BCUT2D eigenvalue weighted by molar-refractivity contribution is -0.385. The lowest BCUT2D eigenvalue weighted by Gasteiger charge is -2.19. The van der Waals surface area contributed by atoms with Crippen LogP contribution < -0.4 is 5.32 Å². The Morgan fingerprint density at radius 2 is 2.11 bits per heavy atom. The van der Waals surface area contributed by atoms with E-state index in [9.17, 15) is 24.4 Å². The van der Waals surface area contributed by atoms with Crippen molar-refractivity contribution in [1.29, 1.82) is 0 Å². The predicted octanol–water partition coefficient (Wildman–Crippen LogP) is 1.61. The fourth-order valence-electron chi connectivity index (χ4n) is 1.33. The molecule has 0 bridgehead atoms. The highest BCUT2D eigenvalue weighted by Crippen LogP contribution is 2.26. The van der Waals surface area contributed by atoms with E-state index in [1.807, 2.05) is 0 Å². The molecule has 0 fully saturated rings. The Bertz CT molecular complexity index is 525. The molecule has 0 aliphatic carbocycles. The fraction of sp³-hybridized carbons (Fsp3) is 0.364. The van der Waals surface area contributed by atoms with E-state index in [2.05, 4.69) is 5.32 Å². The molecule has 0 saturated carbocycles. The van der Waals surface area contributed by atoms with Crippen LogP contribution in [0.4, 0.5) is 15.8 Å². The third-order valence-electron chi connectivity index (χ3n) is 2.22. The van der Waals surface area contributed by atoms with Crippen LogP contribution in [-0.4, -0.2) is 33.3 Å². The van der Waals surface area contributed by atoms with Crippen LogP contribution in [-0.2, 0) is 0 Å². The van der Waals surface area contributed by atoms with Crippen LogP contribution in [0.3, 0.4) is 0 Å². The van der Waals surface area contributed by atoms with Crippen LogP contribution in [0.2, 0.25) is 0 Å². The molecule has 0 aromatic heterocycles. The van der Waals surface area contributed by atoms with Gasteiger partial charge in [-0.1, -0.05) is 0 Å². The van der Waals surface area contributed by atoms with E-state index in [1.54, 1.807) is 0 Å². The van der Waals surface area contributed by atoms with Gasteiger partial charge in [0.15, 0.2) is 5.82 Å². The van der Waals surface area contributed by atoms with Crippen molar-refractivity contribution in [1.82, 2.24) is 0 Å². The minimum Gasteiger partial charge on any atom is -0.477 e. The second-order valence-corrected chi connectivity index (χ2v) is 4.58. The summed E-state index contributed by atoms with van der Waals surface area (Å²) in [6, 6.07) is 1.37. The Labute approximate surface area is 107 Å². The number of carboxylic acids is 1. The highest BCUT2D eigenvalue weighted by Gasteiger charge is 2.24. The Morgan fingerprint density at radius 1 is 1.53 bits per heavy atom. The molecular weight excluding hydrogens is 259 g/mol. The third kappa shape index (κ3) is 3.88. The van der Waals surface area contributed by atoms with Crippen molar-refractivity contribution in [2.24, 2.45) is 0 Å². The molecule has 0 radical (unpaired) electrons. The Balaban J connectivity index is 3.18. The minimum absolute atomic E-state index is 0.0409. The number of hydrogen-bond acceptors (Lipinski definition) is 5. The molecule has 1 aromatic carbocycles. The molecule has 8 heteroatoms. The number of aromatic carboxylic acids is 1. The lowest BCUT2D eigenvalue weighted by atomic mass is 10.1. The van der Waals surface area contributed by atoms with Crippen molar-refractivity contribution in [3.8, 4) is 0 Å². The summed E-state index contributed by atoms with van der Waals surface area (Å²) in [5.74, 6) is -2.49. The molecule has 0 aliphatic rings. The predicted molar refractivity (Wildman–Crippen MR) is 64.8 cm³/mol. The number of rotatable bonds is 5. The molecule has 0 amide bonds. The van der Waals surface area contributed by atoms with E-state index in [0.717, 1.165) is 6.07 Å². The van der Waals surface area contributed by atoms with Gasteiger partial charge in [0, 0.05) is 6.54 Å². The molecule has 0 saturated heterocycles. The van der Waals surface area contributed by atoms with Gasteiger partial charge in [0.2, 0.25) is 0 Å². The smallest absolute Gasteiger partial charge is 0.342 e. The SMILES string of the molecule is CC(C)(O)CNc1cc(C(=O)O)c([N+](=O)[O-])cc1F. The molecule has 1 rings (SSSR count). The number of nitrogens with one attached hydrogen (secondary N) is 1. The zero-order chi connectivity index (χ0) is 14.8. The molecule has 7 nitrogen and oxygen atoms in total. The number of nitro groups is 1. The van der Waals surface area contributed by atoms with Crippen molar-refractivity contribution in [3.63, 3.8) is 0 Å². The van der Waals surface area contributed by atoms with Gasteiger partial charge in [-0.3, -0.25) is 10.1 Å². The molecule has 0 atom stereocenters. The molecule has 0 heterocycles. The summed E-state index contributed by atoms with van der Waals surface area (Å²) in [7, 11) is 0. The third-order valence-corrected chi connectivity index (χ3v) is 2.22. The maximum absolute atomic E-state index is 13.6. The summed E-state index contributed by atoms with van der Waals surface area (Å²) < 4.78 is 13.6. The Kier molecular flexibility index (Phi) is 4.05. The van der Waals surface area contributed by atoms with Gasteiger partial charge < -0.3 is 15.5 Å². The maximum Gasteiger partial charge on any atom is 0.342 e. The fourth-order valence-corrected chi connectivity index (χ4v) is 1.33. The zero-order valence-electron chi connectivity index (χ0n) is 10.3. The first kappa shape index (κ1) is 14.8. The number of anilines is 1. The minimum atomic E-state index is -1.53. The molecule has 104 valence electrons. The Morgan fingerprint density at radius 3 is 2.53 bits per heavy atom. The molecule has 3 N–H and O–H groups in total. The highest BCUT2D eigenvalue weighted by atomic mass is 19.1. The molecule has 0 aliphatic heterocycles. The molecule has 1 aromatic rings. The normalized spacial score (nSPS) is 11.2. The average molecular weight is 272 g/mol. The summed E-state index contributed by atoms with van der Waals surface area (Å²) in [5.41, 5.74) is -2.80. The largest absolute Gasteiger partial charge is 0.477 e. The molecular formula is C11H13FN2O5. The van der Waals surface area contributed by atoms with Gasteiger partial charge in [-0.15, -0.1) is 0 Å².